The van der Waals surface area contributed by atoms with Crippen LogP contribution in [0.2, 0.25) is 0 Å². The predicted molar refractivity (Wildman–Crippen MR) is 126 cm³/mol. The van der Waals surface area contributed by atoms with E-state index in [0.29, 0.717) is 17.5 Å². The molecule has 0 saturated heterocycles. The zero-order valence-corrected chi connectivity index (χ0v) is 19.9. The lowest BCUT2D eigenvalue weighted by Gasteiger charge is -2.57. The van der Waals surface area contributed by atoms with Gasteiger partial charge in [0.25, 0.3) is 0 Å². The van der Waals surface area contributed by atoms with Crippen molar-refractivity contribution in [3.05, 3.63) is 71.3 Å². The zero-order chi connectivity index (χ0) is 24.1. The van der Waals surface area contributed by atoms with E-state index in [1.165, 1.54) is 6.92 Å². The van der Waals surface area contributed by atoms with Gasteiger partial charge in [-0.3, -0.25) is 9.69 Å². The number of aliphatic hydroxyl groups is 1. The molecular formula is C26H36N2O4. The molecule has 6 heteroatoms. The van der Waals surface area contributed by atoms with Gasteiger partial charge in [0, 0.05) is 19.0 Å². The quantitative estimate of drug-likeness (QED) is 0.519. The molecule has 2 atom stereocenters. The second-order valence-corrected chi connectivity index (χ2v) is 8.77. The summed E-state index contributed by atoms with van der Waals surface area (Å²) in [5.74, 6) is -1.57. The summed E-state index contributed by atoms with van der Waals surface area (Å²) in [4.78, 5) is 28.1. The number of nitrogens with zero attached hydrogens (tertiary/aromatic N) is 1. The van der Waals surface area contributed by atoms with Crippen LogP contribution in [0.5, 0.6) is 0 Å². The van der Waals surface area contributed by atoms with Gasteiger partial charge in [0.2, 0.25) is 5.91 Å². The van der Waals surface area contributed by atoms with E-state index >= 15 is 0 Å². The Morgan fingerprint density at radius 3 is 1.84 bits per heavy atom. The van der Waals surface area contributed by atoms with Crippen molar-refractivity contribution in [2.24, 2.45) is 0 Å². The van der Waals surface area contributed by atoms with Crippen molar-refractivity contribution >= 4 is 11.9 Å². The summed E-state index contributed by atoms with van der Waals surface area (Å²) in [7, 11) is 0. The van der Waals surface area contributed by atoms with E-state index in [-0.39, 0.29) is 18.7 Å². The molecular weight excluding hydrogens is 404 g/mol. The number of carbonyl (C=O) groups is 2. The lowest BCUT2D eigenvalue weighted by molar-refractivity contribution is -0.163. The minimum Gasteiger partial charge on any atom is -0.479 e. The number of carboxylic acid groups (broad SMARTS) is 1. The Balaban J connectivity index is 3.09. The molecule has 6 nitrogen and oxygen atoms in total. The van der Waals surface area contributed by atoms with Crippen LogP contribution in [0.1, 0.15) is 64.7 Å². The van der Waals surface area contributed by atoms with Crippen molar-refractivity contribution in [3.63, 3.8) is 0 Å². The van der Waals surface area contributed by atoms with Gasteiger partial charge in [-0.05, 0) is 50.8 Å². The molecule has 0 aliphatic heterocycles. The molecule has 0 spiro atoms. The molecule has 1 amide bonds. The fourth-order valence-electron chi connectivity index (χ4n) is 5.30. The van der Waals surface area contributed by atoms with E-state index in [4.69, 9.17) is 0 Å². The molecule has 0 aromatic heterocycles. The molecule has 2 aromatic carbocycles. The number of benzene rings is 2. The zero-order valence-electron chi connectivity index (χ0n) is 19.9. The number of rotatable bonds is 10. The normalized spacial score (nSPS) is 15.4. The van der Waals surface area contributed by atoms with E-state index in [0.717, 1.165) is 5.56 Å². The van der Waals surface area contributed by atoms with Gasteiger partial charge in [-0.1, -0.05) is 61.5 Å². The van der Waals surface area contributed by atoms with Crippen LogP contribution in [0.4, 0.5) is 0 Å². The highest BCUT2D eigenvalue weighted by Crippen LogP contribution is 2.50. The number of carboxylic acids is 1. The summed E-state index contributed by atoms with van der Waals surface area (Å²) in [5.41, 5.74) is -0.948. The lowest BCUT2D eigenvalue weighted by Crippen LogP contribution is -2.72. The first-order valence-electron chi connectivity index (χ1n) is 11.1. The first-order valence-corrected chi connectivity index (χ1v) is 11.1. The van der Waals surface area contributed by atoms with Crippen LogP contribution < -0.4 is 5.32 Å². The highest BCUT2D eigenvalue weighted by Gasteiger charge is 2.62. The molecule has 174 valence electrons. The minimum absolute atomic E-state index is 0.0145. The van der Waals surface area contributed by atoms with Crippen molar-refractivity contribution in [2.45, 2.75) is 77.7 Å². The van der Waals surface area contributed by atoms with Gasteiger partial charge in [-0.25, -0.2) is 4.79 Å². The first kappa shape index (κ1) is 25.6. The van der Waals surface area contributed by atoms with Crippen LogP contribution in [0, 0.1) is 0 Å². The Kier molecular flexibility index (Phi) is 8.21. The van der Waals surface area contributed by atoms with Gasteiger partial charge < -0.3 is 15.5 Å². The van der Waals surface area contributed by atoms with Gasteiger partial charge in [-0.2, -0.15) is 0 Å². The topological polar surface area (TPSA) is 89.9 Å². The minimum atomic E-state index is -1.78. The Bertz CT molecular complexity index is 903. The summed E-state index contributed by atoms with van der Waals surface area (Å²) in [6.45, 7) is 11.3. The average Bonchev–Trinajstić information content (AvgIpc) is 2.75. The van der Waals surface area contributed by atoms with Gasteiger partial charge >= 0.3 is 5.97 Å². The van der Waals surface area contributed by atoms with Crippen LogP contribution in [0.25, 0.3) is 0 Å². The second-order valence-electron chi connectivity index (χ2n) is 8.77. The van der Waals surface area contributed by atoms with Crippen LogP contribution in [0.3, 0.4) is 0 Å². The van der Waals surface area contributed by atoms with Gasteiger partial charge in [0.1, 0.15) is 0 Å². The fourth-order valence-corrected chi connectivity index (χ4v) is 5.30. The maximum absolute atomic E-state index is 13.3. The molecule has 0 bridgehead atoms. The van der Waals surface area contributed by atoms with E-state index in [1.54, 1.807) is 24.3 Å². The van der Waals surface area contributed by atoms with Crippen molar-refractivity contribution < 1.29 is 19.8 Å². The highest BCUT2D eigenvalue weighted by atomic mass is 16.4. The number of hydrogen-bond donors (Lipinski definition) is 3. The molecule has 3 N–H and O–H groups in total. The first-order chi connectivity index (χ1) is 15.1. The molecule has 0 fully saturated rings. The largest absolute Gasteiger partial charge is 0.479 e. The maximum Gasteiger partial charge on any atom is 0.336 e. The predicted octanol–water partition coefficient (Wildman–Crippen LogP) is 4.02. The van der Waals surface area contributed by atoms with Crippen molar-refractivity contribution in [1.82, 2.24) is 10.2 Å². The third-order valence-corrected chi connectivity index (χ3v) is 6.19. The van der Waals surface area contributed by atoms with Crippen LogP contribution in [0.15, 0.2) is 54.6 Å². The third-order valence-electron chi connectivity index (χ3n) is 6.19. The Labute approximate surface area is 191 Å². The number of nitrogens with one attached hydrogen (secondary N) is 1. The average molecular weight is 441 g/mol. The molecule has 0 aliphatic rings. The smallest absolute Gasteiger partial charge is 0.336 e. The van der Waals surface area contributed by atoms with Gasteiger partial charge in [-0.15, -0.1) is 0 Å². The third kappa shape index (κ3) is 4.30. The number of aliphatic hydroxyl groups excluding tert-OH is 1. The monoisotopic (exact) mass is 440 g/mol. The summed E-state index contributed by atoms with van der Waals surface area (Å²) < 4.78 is 0. The summed E-state index contributed by atoms with van der Waals surface area (Å²) in [5, 5.41) is 23.3. The maximum atomic E-state index is 13.3. The molecule has 0 radical (unpaired) electrons. The standard InChI is InChI=1S/C26H36N2O4/c1-7-25(22-11-9-8-10-12-22,28(18(2)3)19(4)5)26(24(31)32,27-20(6)30)23-15-13-21(17-29)14-16-23/h8-16,18-19,29H,7,17H2,1-6H3,(H,27,30)(H,31,32). The van der Waals surface area contributed by atoms with Gasteiger partial charge in [0.05, 0.1) is 12.1 Å². The van der Waals surface area contributed by atoms with Crippen LogP contribution in [-0.2, 0) is 27.3 Å². The number of carbonyl (C=O) groups excluding carboxylic acids is 1. The molecule has 0 heterocycles. The molecule has 2 rings (SSSR count). The summed E-state index contributed by atoms with van der Waals surface area (Å²) in [6.07, 6.45) is 0.432. The molecule has 0 saturated carbocycles. The number of amides is 1. The van der Waals surface area contributed by atoms with Gasteiger partial charge in [0.15, 0.2) is 5.54 Å². The van der Waals surface area contributed by atoms with Crippen molar-refractivity contribution in [1.29, 1.82) is 0 Å². The van der Waals surface area contributed by atoms with E-state index in [1.807, 2.05) is 65.0 Å². The molecule has 2 aromatic rings. The van der Waals surface area contributed by atoms with Crippen LogP contribution in [-0.4, -0.2) is 39.1 Å². The molecule has 2 unspecified atom stereocenters. The van der Waals surface area contributed by atoms with Crippen molar-refractivity contribution in [2.75, 3.05) is 0 Å². The van der Waals surface area contributed by atoms with Crippen LogP contribution >= 0.6 is 0 Å². The molecule has 0 aliphatic carbocycles. The molecule has 32 heavy (non-hydrogen) atoms. The number of hydrogen-bond acceptors (Lipinski definition) is 4. The lowest BCUT2D eigenvalue weighted by atomic mass is 9.64. The SMILES string of the molecule is CCC(c1ccccc1)(N(C(C)C)C(C)C)C(NC(C)=O)(C(=O)O)c1ccc(CO)cc1. The summed E-state index contributed by atoms with van der Waals surface area (Å²) >= 11 is 0. The Morgan fingerprint density at radius 1 is 0.938 bits per heavy atom. The number of aliphatic carboxylic acids is 1. The fraction of sp³-hybridized carbons (Fsp3) is 0.462. The van der Waals surface area contributed by atoms with Crippen molar-refractivity contribution in [3.8, 4) is 0 Å². The van der Waals surface area contributed by atoms with E-state index in [2.05, 4.69) is 10.2 Å². The Hall–Kier alpha value is -2.70. The Morgan fingerprint density at radius 2 is 1.47 bits per heavy atom. The summed E-state index contributed by atoms with van der Waals surface area (Å²) in [6, 6.07) is 16.3. The van der Waals surface area contributed by atoms with E-state index < -0.39 is 23.0 Å². The highest BCUT2D eigenvalue weighted by molar-refractivity contribution is 5.89. The second kappa shape index (κ2) is 10.3. The van der Waals surface area contributed by atoms with E-state index in [9.17, 15) is 19.8 Å².